The number of hydrogen-bond acceptors (Lipinski definition) is 6. The highest BCUT2D eigenvalue weighted by molar-refractivity contribution is 7.16. The molecular formula is C14H20N4OS. The Bertz CT molecular complexity index is 590. The van der Waals surface area contributed by atoms with E-state index < -0.39 is 0 Å². The first-order valence-electron chi connectivity index (χ1n) is 7.06. The second kappa shape index (κ2) is 5.63. The molecule has 0 aromatic carbocycles. The summed E-state index contributed by atoms with van der Waals surface area (Å²) in [6, 6.07) is 1.99. The molecule has 20 heavy (non-hydrogen) atoms. The minimum absolute atomic E-state index is 0.361. The van der Waals surface area contributed by atoms with Gasteiger partial charge in [-0.2, -0.15) is 0 Å². The number of methoxy groups -OCH3 is 1. The Morgan fingerprint density at radius 2 is 2.00 bits per heavy atom. The highest BCUT2D eigenvalue weighted by atomic mass is 32.1. The van der Waals surface area contributed by atoms with Crippen LogP contribution in [0.2, 0.25) is 0 Å². The third kappa shape index (κ3) is 2.28. The number of hydrazine groups is 1. The number of anilines is 1. The minimum atomic E-state index is -0.361. The van der Waals surface area contributed by atoms with Gasteiger partial charge < -0.3 is 10.2 Å². The zero-order chi connectivity index (χ0) is 14.0. The monoisotopic (exact) mass is 292 g/mol. The van der Waals surface area contributed by atoms with E-state index >= 15 is 0 Å². The van der Waals surface area contributed by atoms with E-state index in [0.29, 0.717) is 5.82 Å². The highest BCUT2D eigenvalue weighted by Gasteiger charge is 2.36. The average molecular weight is 292 g/mol. The number of nitrogens with one attached hydrogen (secondary N) is 1. The van der Waals surface area contributed by atoms with Gasteiger partial charge in [-0.1, -0.05) is 25.7 Å². The van der Waals surface area contributed by atoms with Gasteiger partial charge in [0.25, 0.3) is 0 Å². The quantitative estimate of drug-likeness (QED) is 0.516. The van der Waals surface area contributed by atoms with Crippen LogP contribution in [0.5, 0.6) is 0 Å². The van der Waals surface area contributed by atoms with Crippen molar-refractivity contribution in [1.29, 1.82) is 0 Å². The predicted octanol–water partition coefficient (Wildman–Crippen LogP) is 3.17. The van der Waals surface area contributed by atoms with E-state index in [0.717, 1.165) is 41.7 Å². The van der Waals surface area contributed by atoms with Gasteiger partial charge >= 0.3 is 0 Å². The van der Waals surface area contributed by atoms with Gasteiger partial charge in [0.2, 0.25) is 0 Å². The number of thiophene rings is 1. The van der Waals surface area contributed by atoms with Gasteiger partial charge in [0.15, 0.2) is 11.6 Å². The van der Waals surface area contributed by atoms with Crippen molar-refractivity contribution in [3.8, 4) is 0 Å². The van der Waals surface area contributed by atoms with Crippen LogP contribution in [-0.2, 0) is 10.3 Å². The number of nitrogen functional groups attached to an aromatic ring is 1. The van der Waals surface area contributed by atoms with E-state index in [1.807, 2.05) is 11.4 Å². The van der Waals surface area contributed by atoms with Crippen LogP contribution in [0.25, 0.3) is 10.2 Å². The second-order valence-electron chi connectivity index (χ2n) is 5.29. The van der Waals surface area contributed by atoms with Gasteiger partial charge in [-0.25, -0.2) is 15.8 Å². The Balaban J connectivity index is 2.10. The van der Waals surface area contributed by atoms with Crippen LogP contribution < -0.4 is 11.3 Å². The molecule has 2 heterocycles. The first-order chi connectivity index (χ1) is 9.79. The summed E-state index contributed by atoms with van der Waals surface area (Å²) in [5.41, 5.74) is 2.33. The lowest BCUT2D eigenvalue weighted by molar-refractivity contribution is -0.0347. The van der Waals surface area contributed by atoms with E-state index in [-0.39, 0.29) is 5.60 Å². The van der Waals surface area contributed by atoms with Crippen LogP contribution in [0, 0.1) is 0 Å². The molecule has 0 saturated heterocycles. The molecule has 2 aromatic rings. The summed E-state index contributed by atoms with van der Waals surface area (Å²) >= 11 is 1.61. The normalized spacial score (nSPS) is 18.9. The van der Waals surface area contributed by atoms with Crippen LogP contribution in [0.1, 0.15) is 44.3 Å². The molecule has 1 fully saturated rings. The van der Waals surface area contributed by atoms with Crippen molar-refractivity contribution in [2.75, 3.05) is 12.5 Å². The number of hydrogen-bond donors (Lipinski definition) is 2. The molecule has 0 spiro atoms. The summed E-state index contributed by atoms with van der Waals surface area (Å²) in [6.07, 6.45) is 6.79. The van der Waals surface area contributed by atoms with Crippen molar-refractivity contribution in [3.63, 3.8) is 0 Å². The maximum absolute atomic E-state index is 5.88. The fourth-order valence-corrected chi connectivity index (χ4v) is 3.75. The predicted molar refractivity (Wildman–Crippen MR) is 81.6 cm³/mol. The van der Waals surface area contributed by atoms with Gasteiger partial charge in [0, 0.05) is 7.11 Å². The standard InChI is InChI=1S/C14H20N4OS/c1-19-14(7-4-2-3-5-8-14)13-16-11(18-15)10-6-9-20-12(10)17-13/h6,9H,2-5,7-8,15H2,1H3,(H,16,17,18). The first-order valence-corrected chi connectivity index (χ1v) is 7.94. The van der Waals surface area contributed by atoms with E-state index in [1.54, 1.807) is 18.4 Å². The van der Waals surface area contributed by atoms with Gasteiger partial charge in [0.05, 0.1) is 5.39 Å². The zero-order valence-corrected chi connectivity index (χ0v) is 12.5. The minimum Gasteiger partial charge on any atom is -0.370 e. The summed E-state index contributed by atoms with van der Waals surface area (Å²) in [5.74, 6) is 7.07. The van der Waals surface area contributed by atoms with Crippen LogP contribution in [-0.4, -0.2) is 17.1 Å². The molecule has 6 heteroatoms. The maximum atomic E-state index is 5.88. The van der Waals surface area contributed by atoms with Gasteiger partial charge in [-0.3, -0.25) is 0 Å². The highest BCUT2D eigenvalue weighted by Crippen LogP contribution is 2.39. The van der Waals surface area contributed by atoms with Gasteiger partial charge in [-0.15, -0.1) is 11.3 Å². The Kier molecular flexibility index (Phi) is 3.87. The largest absolute Gasteiger partial charge is 0.370 e. The number of aromatic nitrogens is 2. The molecule has 0 atom stereocenters. The van der Waals surface area contributed by atoms with Gasteiger partial charge in [-0.05, 0) is 24.3 Å². The number of rotatable bonds is 3. The molecule has 0 bridgehead atoms. The molecule has 0 aliphatic heterocycles. The van der Waals surface area contributed by atoms with Crippen molar-refractivity contribution >= 4 is 27.4 Å². The van der Waals surface area contributed by atoms with Crippen molar-refractivity contribution in [1.82, 2.24) is 9.97 Å². The Hall–Kier alpha value is -1.24. The molecule has 3 N–H and O–H groups in total. The van der Waals surface area contributed by atoms with Crippen molar-refractivity contribution < 1.29 is 4.74 Å². The molecule has 5 nitrogen and oxygen atoms in total. The number of nitrogens with two attached hydrogens (primary N) is 1. The molecule has 108 valence electrons. The SMILES string of the molecule is COC1(c2nc(NN)c3ccsc3n2)CCCCCC1. The smallest absolute Gasteiger partial charge is 0.164 e. The van der Waals surface area contributed by atoms with E-state index in [9.17, 15) is 0 Å². The molecule has 1 saturated carbocycles. The Morgan fingerprint density at radius 3 is 2.65 bits per heavy atom. The summed E-state index contributed by atoms with van der Waals surface area (Å²) in [7, 11) is 1.77. The van der Waals surface area contributed by atoms with Crippen molar-refractivity contribution in [2.45, 2.75) is 44.1 Å². The summed E-state index contributed by atoms with van der Waals surface area (Å²) < 4.78 is 5.88. The Morgan fingerprint density at radius 1 is 1.25 bits per heavy atom. The molecule has 1 aliphatic rings. The fraction of sp³-hybridized carbons (Fsp3) is 0.571. The second-order valence-corrected chi connectivity index (χ2v) is 6.19. The van der Waals surface area contributed by atoms with Crippen LogP contribution >= 0.6 is 11.3 Å². The molecule has 3 rings (SSSR count). The van der Waals surface area contributed by atoms with Crippen molar-refractivity contribution in [2.24, 2.45) is 5.84 Å². The van der Waals surface area contributed by atoms with E-state index in [2.05, 4.69) is 10.4 Å². The molecule has 0 unspecified atom stereocenters. The fourth-order valence-electron chi connectivity index (χ4n) is 2.99. The molecule has 0 amide bonds. The number of fused-ring (bicyclic) bond motifs is 1. The third-order valence-electron chi connectivity index (χ3n) is 4.17. The molecule has 0 radical (unpaired) electrons. The summed E-state index contributed by atoms with van der Waals surface area (Å²) in [4.78, 5) is 10.3. The third-order valence-corrected chi connectivity index (χ3v) is 4.98. The Labute approximate surface area is 122 Å². The summed E-state index contributed by atoms with van der Waals surface area (Å²) in [5, 5.41) is 2.98. The lowest BCUT2D eigenvalue weighted by atomic mass is 9.93. The maximum Gasteiger partial charge on any atom is 0.164 e. The lowest BCUT2D eigenvalue weighted by Crippen LogP contribution is -2.31. The molecule has 1 aliphatic carbocycles. The summed E-state index contributed by atoms with van der Waals surface area (Å²) in [6.45, 7) is 0. The molecule has 2 aromatic heterocycles. The van der Waals surface area contributed by atoms with Crippen LogP contribution in [0.15, 0.2) is 11.4 Å². The molecular weight excluding hydrogens is 272 g/mol. The average Bonchev–Trinajstić information content (AvgIpc) is 2.82. The van der Waals surface area contributed by atoms with Crippen molar-refractivity contribution in [3.05, 3.63) is 17.3 Å². The van der Waals surface area contributed by atoms with Crippen LogP contribution in [0.3, 0.4) is 0 Å². The number of ether oxygens (including phenoxy) is 1. The topological polar surface area (TPSA) is 73.1 Å². The van der Waals surface area contributed by atoms with Crippen LogP contribution in [0.4, 0.5) is 5.82 Å². The van der Waals surface area contributed by atoms with Gasteiger partial charge in [0.1, 0.15) is 10.4 Å². The number of nitrogens with zero attached hydrogens (tertiary/aromatic N) is 2. The zero-order valence-electron chi connectivity index (χ0n) is 11.7. The van der Waals surface area contributed by atoms with E-state index in [1.165, 1.54) is 12.8 Å². The lowest BCUT2D eigenvalue weighted by Gasteiger charge is -2.30. The first kappa shape index (κ1) is 13.7. The van der Waals surface area contributed by atoms with E-state index in [4.69, 9.17) is 15.6 Å².